The Hall–Kier alpha value is -2.79. The van der Waals surface area contributed by atoms with E-state index < -0.39 is 12.1 Å². The SMILES string of the molecule is C=C(C)C(=O)OCC(O)COc1ccc(C(C)(C)c2ccc(OC)cc2)cc1. The Balaban J connectivity index is 1.94. The summed E-state index contributed by atoms with van der Waals surface area (Å²) < 4.78 is 15.7. The minimum Gasteiger partial charge on any atom is -0.497 e. The third kappa shape index (κ3) is 5.60. The molecule has 2 aromatic rings. The van der Waals surface area contributed by atoms with Crippen LogP contribution >= 0.6 is 0 Å². The predicted octanol–water partition coefficient (Wildman–Crippen LogP) is 3.88. The molecule has 0 spiro atoms. The van der Waals surface area contributed by atoms with Crippen LogP contribution in [-0.2, 0) is 14.9 Å². The molecule has 1 atom stereocenters. The number of carbonyl (C=O) groups is 1. The molecule has 1 N–H and O–H groups in total. The van der Waals surface area contributed by atoms with Gasteiger partial charge in [-0.1, -0.05) is 44.7 Å². The van der Waals surface area contributed by atoms with E-state index in [9.17, 15) is 9.90 Å². The smallest absolute Gasteiger partial charge is 0.333 e. The molecule has 1 unspecified atom stereocenters. The average molecular weight is 384 g/mol. The Morgan fingerprint density at radius 1 is 1.00 bits per heavy atom. The molecule has 0 fully saturated rings. The summed E-state index contributed by atoms with van der Waals surface area (Å²) in [6, 6.07) is 15.8. The molecule has 0 heterocycles. The van der Waals surface area contributed by atoms with Gasteiger partial charge in [0.05, 0.1) is 7.11 Å². The van der Waals surface area contributed by atoms with Gasteiger partial charge >= 0.3 is 5.97 Å². The van der Waals surface area contributed by atoms with Crippen LogP contribution in [0.15, 0.2) is 60.7 Å². The van der Waals surface area contributed by atoms with Crippen LogP contribution in [0.3, 0.4) is 0 Å². The molecule has 0 saturated heterocycles. The highest BCUT2D eigenvalue weighted by atomic mass is 16.5. The second-order valence-corrected chi connectivity index (χ2v) is 7.22. The van der Waals surface area contributed by atoms with Crippen molar-refractivity contribution >= 4 is 5.97 Å². The number of hydrogen-bond donors (Lipinski definition) is 1. The molecule has 0 bridgehead atoms. The van der Waals surface area contributed by atoms with Gasteiger partial charge in [-0.2, -0.15) is 0 Å². The summed E-state index contributed by atoms with van der Waals surface area (Å²) in [6.45, 7) is 9.26. The zero-order valence-corrected chi connectivity index (χ0v) is 16.9. The van der Waals surface area contributed by atoms with E-state index in [1.165, 1.54) is 5.56 Å². The Labute approximate surface area is 166 Å². The number of benzene rings is 2. The normalized spacial score (nSPS) is 12.2. The zero-order valence-electron chi connectivity index (χ0n) is 16.9. The zero-order chi connectivity index (χ0) is 20.7. The maximum absolute atomic E-state index is 11.3. The van der Waals surface area contributed by atoms with Crippen LogP contribution in [0, 0.1) is 0 Å². The first kappa shape index (κ1) is 21.5. The first-order valence-corrected chi connectivity index (χ1v) is 9.12. The van der Waals surface area contributed by atoms with Crippen molar-refractivity contribution in [1.29, 1.82) is 0 Å². The Bertz CT molecular complexity index is 791. The Kier molecular flexibility index (Phi) is 7.24. The van der Waals surface area contributed by atoms with E-state index >= 15 is 0 Å². The highest BCUT2D eigenvalue weighted by molar-refractivity contribution is 5.86. The molecule has 5 nitrogen and oxygen atoms in total. The van der Waals surface area contributed by atoms with E-state index in [0.717, 1.165) is 11.3 Å². The standard InChI is InChI=1S/C23H28O5/c1-16(2)22(25)28-15-19(24)14-27-21-12-8-18(9-13-21)23(3,4)17-6-10-20(26-5)11-7-17/h6-13,19,24H,1,14-15H2,2-5H3. The number of ether oxygens (including phenoxy) is 3. The van der Waals surface area contributed by atoms with Gasteiger partial charge in [-0.15, -0.1) is 0 Å². The van der Waals surface area contributed by atoms with Gasteiger partial charge in [0.15, 0.2) is 0 Å². The van der Waals surface area contributed by atoms with Crippen LogP contribution in [-0.4, -0.2) is 37.5 Å². The summed E-state index contributed by atoms with van der Waals surface area (Å²) in [7, 11) is 1.65. The number of esters is 1. The maximum atomic E-state index is 11.3. The molecule has 2 aromatic carbocycles. The third-order valence-corrected chi connectivity index (χ3v) is 4.59. The van der Waals surface area contributed by atoms with Crippen molar-refractivity contribution in [2.24, 2.45) is 0 Å². The van der Waals surface area contributed by atoms with Crippen molar-refractivity contribution in [3.8, 4) is 11.5 Å². The maximum Gasteiger partial charge on any atom is 0.333 e. The lowest BCUT2D eigenvalue weighted by molar-refractivity contribution is -0.142. The molecule has 150 valence electrons. The third-order valence-electron chi connectivity index (χ3n) is 4.59. The van der Waals surface area contributed by atoms with E-state index in [0.29, 0.717) is 11.3 Å². The number of aliphatic hydroxyl groups excluding tert-OH is 1. The molecule has 0 saturated carbocycles. The molecule has 5 heteroatoms. The monoisotopic (exact) mass is 384 g/mol. The summed E-state index contributed by atoms with van der Waals surface area (Å²) in [6.07, 6.45) is -0.904. The van der Waals surface area contributed by atoms with Gasteiger partial charge in [-0.3, -0.25) is 0 Å². The largest absolute Gasteiger partial charge is 0.497 e. The average Bonchev–Trinajstić information content (AvgIpc) is 2.70. The van der Waals surface area contributed by atoms with Crippen LogP contribution in [0.25, 0.3) is 0 Å². The second kappa shape index (κ2) is 9.42. The molecular formula is C23H28O5. The minimum atomic E-state index is -0.904. The molecule has 0 aromatic heterocycles. The number of rotatable bonds is 9. The van der Waals surface area contributed by atoms with Gasteiger partial charge in [0.2, 0.25) is 0 Å². The van der Waals surface area contributed by atoms with Crippen LogP contribution in [0.4, 0.5) is 0 Å². The molecule has 0 aliphatic carbocycles. The minimum absolute atomic E-state index is 0.0324. The van der Waals surface area contributed by atoms with Gasteiger partial charge < -0.3 is 19.3 Å². The van der Waals surface area contributed by atoms with Crippen molar-refractivity contribution in [2.75, 3.05) is 20.3 Å². The summed E-state index contributed by atoms with van der Waals surface area (Å²) >= 11 is 0. The van der Waals surface area contributed by atoms with Crippen LogP contribution in [0.2, 0.25) is 0 Å². The lowest BCUT2D eigenvalue weighted by atomic mass is 9.78. The van der Waals surface area contributed by atoms with Gasteiger partial charge in [-0.25, -0.2) is 4.79 Å². The predicted molar refractivity (Wildman–Crippen MR) is 109 cm³/mol. The summed E-state index contributed by atoms with van der Waals surface area (Å²) in [5.41, 5.74) is 2.43. The summed E-state index contributed by atoms with van der Waals surface area (Å²) in [5, 5.41) is 9.87. The topological polar surface area (TPSA) is 65.0 Å². The second-order valence-electron chi connectivity index (χ2n) is 7.22. The highest BCUT2D eigenvalue weighted by Gasteiger charge is 2.23. The van der Waals surface area contributed by atoms with Crippen molar-refractivity contribution in [2.45, 2.75) is 32.3 Å². The fraction of sp³-hybridized carbons (Fsp3) is 0.348. The van der Waals surface area contributed by atoms with Gasteiger partial charge in [0, 0.05) is 11.0 Å². The number of aliphatic hydroxyl groups is 1. The van der Waals surface area contributed by atoms with Gasteiger partial charge in [-0.05, 0) is 42.3 Å². The van der Waals surface area contributed by atoms with Crippen LogP contribution < -0.4 is 9.47 Å². The lowest BCUT2D eigenvalue weighted by Gasteiger charge is -2.26. The van der Waals surface area contributed by atoms with Crippen LogP contribution in [0.5, 0.6) is 11.5 Å². The van der Waals surface area contributed by atoms with Crippen molar-refractivity contribution in [3.63, 3.8) is 0 Å². The fourth-order valence-corrected chi connectivity index (χ4v) is 2.68. The first-order valence-electron chi connectivity index (χ1n) is 9.12. The molecule has 0 aliphatic heterocycles. The first-order chi connectivity index (χ1) is 13.2. The molecule has 0 amide bonds. The van der Waals surface area contributed by atoms with E-state index in [4.69, 9.17) is 14.2 Å². The summed E-state index contributed by atoms with van der Waals surface area (Å²) in [5.74, 6) is 0.944. The molecular weight excluding hydrogens is 356 g/mol. The highest BCUT2D eigenvalue weighted by Crippen LogP contribution is 2.33. The van der Waals surface area contributed by atoms with Crippen molar-refractivity contribution in [1.82, 2.24) is 0 Å². The van der Waals surface area contributed by atoms with Crippen molar-refractivity contribution in [3.05, 3.63) is 71.8 Å². The van der Waals surface area contributed by atoms with E-state index in [1.807, 2.05) is 36.4 Å². The molecule has 28 heavy (non-hydrogen) atoms. The van der Waals surface area contributed by atoms with Crippen LogP contribution in [0.1, 0.15) is 31.9 Å². The van der Waals surface area contributed by atoms with Gasteiger partial charge in [0.1, 0.15) is 30.8 Å². The Morgan fingerprint density at radius 3 is 1.96 bits per heavy atom. The lowest BCUT2D eigenvalue weighted by Crippen LogP contribution is -2.25. The number of hydrogen-bond acceptors (Lipinski definition) is 5. The van der Waals surface area contributed by atoms with E-state index in [1.54, 1.807) is 14.0 Å². The molecule has 0 radical (unpaired) electrons. The molecule has 2 rings (SSSR count). The van der Waals surface area contributed by atoms with Crippen molar-refractivity contribution < 1.29 is 24.1 Å². The van der Waals surface area contributed by atoms with E-state index in [-0.39, 0.29) is 18.6 Å². The quantitative estimate of drug-likeness (QED) is 0.525. The Morgan fingerprint density at radius 2 is 1.50 bits per heavy atom. The van der Waals surface area contributed by atoms with Gasteiger partial charge in [0.25, 0.3) is 0 Å². The summed E-state index contributed by atoms with van der Waals surface area (Å²) in [4.78, 5) is 11.3. The van der Waals surface area contributed by atoms with E-state index in [2.05, 4.69) is 32.6 Å². The molecule has 0 aliphatic rings. The number of methoxy groups -OCH3 is 1. The number of carbonyl (C=O) groups excluding carboxylic acids is 1. The fourth-order valence-electron chi connectivity index (χ4n) is 2.68.